The van der Waals surface area contributed by atoms with Gasteiger partial charge in [-0.05, 0) is 47.5 Å². The number of halogens is 1. The number of rotatable bonds is 5. The van der Waals surface area contributed by atoms with Crippen LogP contribution >= 0.6 is 11.6 Å². The number of nitrogens with one attached hydrogen (secondary N) is 1. The molecule has 1 aliphatic rings. The highest BCUT2D eigenvalue weighted by Crippen LogP contribution is 2.33. The SMILES string of the molecule is NC1(c2nnnn2CCOC(=O)Nc2ccc(Cl)cc2)CCCCC1. The van der Waals surface area contributed by atoms with E-state index in [1.165, 1.54) is 6.42 Å². The topological polar surface area (TPSA) is 108 Å². The molecule has 8 nitrogen and oxygen atoms in total. The molecule has 0 saturated heterocycles. The molecule has 1 aromatic heterocycles. The number of aromatic nitrogens is 4. The molecule has 3 rings (SSSR count). The number of carbonyl (C=O) groups is 1. The molecule has 0 aliphatic heterocycles. The maximum atomic E-state index is 11.8. The number of hydrogen-bond acceptors (Lipinski definition) is 6. The number of ether oxygens (including phenoxy) is 1. The Hall–Kier alpha value is -2.19. The fraction of sp³-hybridized carbons (Fsp3) is 0.500. The third-order valence-electron chi connectivity index (χ3n) is 4.35. The van der Waals surface area contributed by atoms with Crippen molar-refractivity contribution in [1.29, 1.82) is 0 Å². The lowest BCUT2D eigenvalue weighted by atomic mass is 9.82. The largest absolute Gasteiger partial charge is 0.447 e. The van der Waals surface area contributed by atoms with Gasteiger partial charge in [0.15, 0.2) is 5.82 Å². The normalized spacial score (nSPS) is 16.4. The summed E-state index contributed by atoms with van der Waals surface area (Å²) in [5, 5.41) is 15.0. The summed E-state index contributed by atoms with van der Waals surface area (Å²) in [6.45, 7) is 0.503. The van der Waals surface area contributed by atoms with Crippen LogP contribution < -0.4 is 11.1 Å². The monoisotopic (exact) mass is 364 g/mol. The van der Waals surface area contributed by atoms with Crippen LogP contribution in [-0.4, -0.2) is 32.9 Å². The summed E-state index contributed by atoms with van der Waals surface area (Å²) < 4.78 is 6.81. The summed E-state index contributed by atoms with van der Waals surface area (Å²) in [5.74, 6) is 0.661. The fourth-order valence-electron chi connectivity index (χ4n) is 3.03. The van der Waals surface area contributed by atoms with Crippen LogP contribution in [0.4, 0.5) is 10.5 Å². The van der Waals surface area contributed by atoms with E-state index in [1.54, 1.807) is 28.9 Å². The Morgan fingerprint density at radius 2 is 2.00 bits per heavy atom. The number of carbonyl (C=O) groups excluding carboxylic acids is 1. The van der Waals surface area contributed by atoms with Gasteiger partial charge in [-0.15, -0.1) is 5.10 Å². The van der Waals surface area contributed by atoms with Crippen molar-refractivity contribution in [2.45, 2.75) is 44.2 Å². The zero-order valence-electron chi connectivity index (χ0n) is 13.8. The van der Waals surface area contributed by atoms with Crippen molar-refractivity contribution in [3.8, 4) is 0 Å². The lowest BCUT2D eigenvalue weighted by Gasteiger charge is -2.31. The smallest absolute Gasteiger partial charge is 0.411 e. The summed E-state index contributed by atoms with van der Waals surface area (Å²) in [5.41, 5.74) is 6.60. The van der Waals surface area contributed by atoms with Gasteiger partial charge in [-0.2, -0.15) is 0 Å². The average molecular weight is 365 g/mol. The molecule has 1 heterocycles. The Bertz CT molecular complexity index is 712. The second-order valence-corrected chi connectivity index (χ2v) is 6.65. The summed E-state index contributed by atoms with van der Waals surface area (Å²) in [6, 6.07) is 6.78. The number of amides is 1. The molecule has 3 N–H and O–H groups in total. The van der Waals surface area contributed by atoms with Crippen LogP contribution in [0, 0.1) is 0 Å². The molecule has 1 saturated carbocycles. The van der Waals surface area contributed by atoms with Crippen LogP contribution in [-0.2, 0) is 16.8 Å². The van der Waals surface area contributed by atoms with Crippen molar-refractivity contribution < 1.29 is 9.53 Å². The molecule has 1 aliphatic carbocycles. The lowest BCUT2D eigenvalue weighted by molar-refractivity contribution is 0.153. The molecule has 1 aromatic carbocycles. The lowest BCUT2D eigenvalue weighted by Crippen LogP contribution is -2.41. The van der Waals surface area contributed by atoms with Gasteiger partial charge in [0.1, 0.15) is 6.61 Å². The zero-order valence-corrected chi connectivity index (χ0v) is 14.6. The second-order valence-electron chi connectivity index (χ2n) is 6.21. The molecule has 0 radical (unpaired) electrons. The Morgan fingerprint density at radius 3 is 2.72 bits per heavy atom. The predicted octanol–water partition coefficient (Wildman–Crippen LogP) is 2.69. The van der Waals surface area contributed by atoms with E-state index in [9.17, 15) is 4.79 Å². The third kappa shape index (κ3) is 4.46. The predicted molar refractivity (Wildman–Crippen MR) is 93.2 cm³/mol. The van der Waals surface area contributed by atoms with E-state index in [2.05, 4.69) is 20.8 Å². The minimum Gasteiger partial charge on any atom is -0.447 e. The van der Waals surface area contributed by atoms with Gasteiger partial charge in [-0.3, -0.25) is 5.32 Å². The number of hydrogen-bond donors (Lipinski definition) is 2. The van der Waals surface area contributed by atoms with Crippen molar-refractivity contribution in [3.63, 3.8) is 0 Å². The summed E-state index contributed by atoms with van der Waals surface area (Å²) >= 11 is 5.80. The minimum atomic E-state index is -0.544. The van der Waals surface area contributed by atoms with E-state index < -0.39 is 11.6 Å². The number of anilines is 1. The molecule has 0 bridgehead atoms. The number of tetrazole rings is 1. The highest BCUT2D eigenvalue weighted by Gasteiger charge is 2.34. The second kappa shape index (κ2) is 7.79. The molecular weight excluding hydrogens is 344 g/mol. The van der Waals surface area contributed by atoms with Crippen LogP contribution in [0.15, 0.2) is 24.3 Å². The first-order valence-electron chi connectivity index (χ1n) is 8.32. The van der Waals surface area contributed by atoms with Gasteiger partial charge in [-0.25, -0.2) is 9.48 Å². The summed E-state index contributed by atoms with van der Waals surface area (Å²) in [4.78, 5) is 11.8. The molecule has 9 heteroatoms. The maximum absolute atomic E-state index is 11.8. The number of nitrogens with two attached hydrogens (primary N) is 1. The van der Waals surface area contributed by atoms with Crippen LogP contribution in [0.2, 0.25) is 5.02 Å². The quantitative estimate of drug-likeness (QED) is 0.844. The molecular formula is C16H21ClN6O2. The molecule has 0 unspecified atom stereocenters. The van der Waals surface area contributed by atoms with E-state index in [1.807, 2.05) is 0 Å². The number of benzene rings is 1. The van der Waals surface area contributed by atoms with Crippen molar-refractivity contribution in [1.82, 2.24) is 20.2 Å². The standard InChI is InChI=1S/C16H21ClN6O2/c17-12-4-6-13(7-5-12)19-15(24)25-11-10-23-14(20-21-22-23)16(18)8-2-1-3-9-16/h4-7H,1-3,8-11,18H2,(H,19,24). The molecule has 0 spiro atoms. The van der Waals surface area contributed by atoms with Crippen LogP contribution in [0.1, 0.15) is 37.9 Å². The Balaban J connectivity index is 1.51. The molecule has 1 amide bonds. The van der Waals surface area contributed by atoms with Gasteiger partial charge in [0, 0.05) is 10.7 Å². The van der Waals surface area contributed by atoms with Crippen molar-refractivity contribution in [2.75, 3.05) is 11.9 Å². The van der Waals surface area contributed by atoms with Crippen LogP contribution in [0.3, 0.4) is 0 Å². The molecule has 25 heavy (non-hydrogen) atoms. The third-order valence-corrected chi connectivity index (χ3v) is 4.60. The van der Waals surface area contributed by atoms with E-state index in [0.29, 0.717) is 23.1 Å². The highest BCUT2D eigenvalue weighted by molar-refractivity contribution is 6.30. The van der Waals surface area contributed by atoms with E-state index in [0.717, 1.165) is 25.7 Å². The van der Waals surface area contributed by atoms with E-state index in [-0.39, 0.29) is 6.61 Å². The fourth-order valence-corrected chi connectivity index (χ4v) is 3.16. The Labute approximate surface area is 150 Å². The van der Waals surface area contributed by atoms with Crippen molar-refractivity contribution >= 4 is 23.4 Å². The van der Waals surface area contributed by atoms with Gasteiger partial charge in [0.25, 0.3) is 0 Å². The molecule has 1 fully saturated rings. The van der Waals surface area contributed by atoms with Crippen LogP contribution in [0.25, 0.3) is 0 Å². The van der Waals surface area contributed by atoms with Gasteiger partial charge < -0.3 is 10.5 Å². The first-order valence-corrected chi connectivity index (χ1v) is 8.69. The van der Waals surface area contributed by atoms with Gasteiger partial charge in [0.05, 0.1) is 12.1 Å². The highest BCUT2D eigenvalue weighted by atomic mass is 35.5. The Morgan fingerprint density at radius 1 is 1.28 bits per heavy atom. The summed E-state index contributed by atoms with van der Waals surface area (Å²) in [6.07, 6.45) is 4.52. The molecule has 134 valence electrons. The average Bonchev–Trinajstić information content (AvgIpc) is 3.07. The minimum absolute atomic E-state index is 0.146. The van der Waals surface area contributed by atoms with Crippen molar-refractivity contribution in [3.05, 3.63) is 35.1 Å². The van der Waals surface area contributed by atoms with Gasteiger partial charge in [0.2, 0.25) is 0 Å². The van der Waals surface area contributed by atoms with Crippen LogP contribution in [0.5, 0.6) is 0 Å². The van der Waals surface area contributed by atoms with Gasteiger partial charge in [-0.1, -0.05) is 30.9 Å². The maximum Gasteiger partial charge on any atom is 0.411 e. The van der Waals surface area contributed by atoms with Gasteiger partial charge >= 0.3 is 6.09 Å². The number of nitrogens with zero attached hydrogens (tertiary/aromatic N) is 4. The Kier molecular flexibility index (Phi) is 5.50. The van der Waals surface area contributed by atoms with E-state index in [4.69, 9.17) is 22.1 Å². The van der Waals surface area contributed by atoms with E-state index >= 15 is 0 Å². The zero-order chi connectivity index (χ0) is 17.7. The van der Waals surface area contributed by atoms with Crippen molar-refractivity contribution in [2.24, 2.45) is 5.73 Å². The first-order chi connectivity index (χ1) is 12.1. The molecule has 2 aromatic rings. The summed E-state index contributed by atoms with van der Waals surface area (Å²) in [7, 11) is 0. The molecule has 0 atom stereocenters. The first kappa shape index (κ1) is 17.6.